The van der Waals surface area contributed by atoms with E-state index < -0.39 is 16.0 Å². The van der Waals surface area contributed by atoms with E-state index in [0.29, 0.717) is 18.1 Å². The van der Waals surface area contributed by atoms with Gasteiger partial charge in [-0.05, 0) is 49.2 Å². The number of sulfonamides is 1. The summed E-state index contributed by atoms with van der Waals surface area (Å²) in [7, 11) is -3.50. The van der Waals surface area contributed by atoms with Crippen LogP contribution in [0.1, 0.15) is 23.2 Å². The Morgan fingerprint density at radius 1 is 0.960 bits per heavy atom. The van der Waals surface area contributed by atoms with Crippen LogP contribution >= 0.6 is 23.2 Å². The Balaban J connectivity index is 1.75. The van der Waals surface area contributed by atoms with Gasteiger partial charge in [0.15, 0.2) is 0 Å². The maximum absolute atomic E-state index is 12.5. The molecular weight excluding hydrogens is 385 g/mol. The summed E-state index contributed by atoms with van der Waals surface area (Å²) in [5.74, 6) is -0.350. The van der Waals surface area contributed by atoms with E-state index in [2.05, 4.69) is 0 Å². The number of nitrogens with zero attached hydrogens (tertiary/aromatic N) is 1. The van der Waals surface area contributed by atoms with E-state index in [9.17, 15) is 13.2 Å². The van der Waals surface area contributed by atoms with Gasteiger partial charge in [-0.3, -0.25) is 0 Å². The summed E-state index contributed by atoms with van der Waals surface area (Å²) in [5.41, 5.74) is 0.242. The van der Waals surface area contributed by atoms with E-state index in [1.807, 2.05) is 0 Å². The molecular formula is C17H15Cl2NO4S. The molecule has 0 amide bonds. The molecule has 0 aliphatic carbocycles. The molecule has 0 aromatic heterocycles. The first-order valence-electron chi connectivity index (χ1n) is 7.65. The smallest absolute Gasteiger partial charge is 0.343 e. The zero-order valence-electron chi connectivity index (χ0n) is 13.1. The maximum Gasteiger partial charge on any atom is 0.343 e. The monoisotopic (exact) mass is 399 g/mol. The fraction of sp³-hybridized carbons (Fsp3) is 0.235. The van der Waals surface area contributed by atoms with Crippen molar-refractivity contribution in [3.63, 3.8) is 0 Å². The number of hydrogen-bond donors (Lipinski definition) is 0. The second-order valence-corrected chi connectivity index (χ2v) is 8.35. The normalized spacial score (nSPS) is 15.3. The van der Waals surface area contributed by atoms with Gasteiger partial charge in [-0.1, -0.05) is 23.2 Å². The molecule has 1 saturated heterocycles. The summed E-state index contributed by atoms with van der Waals surface area (Å²) in [6.45, 7) is 1.06. The van der Waals surface area contributed by atoms with E-state index in [-0.39, 0.29) is 21.2 Å². The number of halogens is 2. The van der Waals surface area contributed by atoms with Crippen LogP contribution in [0.5, 0.6) is 5.75 Å². The van der Waals surface area contributed by atoms with Crippen molar-refractivity contribution < 1.29 is 17.9 Å². The Morgan fingerprint density at radius 2 is 1.60 bits per heavy atom. The molecule has 1 heterocycles. The molecule has 2 aromatic carbocycles. The largest absolute Gasteiger partial charge is 0.423 e. The summed E-state index contributed by atoms with van der Waals surface area (Å²) in [5, 5.41) is 0.636. The van der Waals surface area contributed by atoms with Crippen molar-refractivity contribution >= 4 is 39.2 Å². The zero-order valence-corrected chi connectivity index (χ0v) is 15.4. The van der Waals surface area contributed by atoms with Crippen LogP contribution in [0.4, 0.5) is 0 Å². The van der Waals surface area contributed by atoms with E-state index in [0.717, 1.165) is 12.8 Å². The van der Waals surface area contributed by atoms with E-state index in [1.165, 1.54) is 46.8 Å². The van der Waals surface area contributed by atoms with Gasteiger partial charge in [0.05, 0.1) is 20.5 Å². The Labute approximate surface area is 156 Å². The first-order chi connectivity index (χ1) is 11.9. The number of hydrogen-bond acceptors (Lipinski definition) is 4. The van der Waals surface area contributed by atoms with Crippen LogP contribution in [0.25, 0.3) is 0 Å². The average Bonchev–Trinajstić information content (AvgIpc) is 3.14. The van der Waals surface area contributed by atoms with Crippen molar-refractivity contribution in [1.82, 2.24) is 4.31 Å². The van der Waals surface area contributed by atoms with Crippen LogP contribution < -0.4 is 4.74 Å². The molecule has 25 heavy (non-hydrogen) atoms. The molecule has 132 valence electrons. The van der Waals surface area contributed by atoms with E-state index in [1.54, 1.807) is 0 Å². The summed E-state index contributed by atoms with van der Waals surface area (Å²) in [6, 6.07) is 10.2. The predicted molar refractivity (Wildman–Crippen MR) is 95.9 cm³/mol. The van der Waals surface area contributed by atoms with Crippen molar-refractivity contribution in [2.24, 2.45) is 0 Å². The summed E-state index contributed by atoms with van der Waals surface area (Å²) in [4.78, 5) is 12.3. The van der Waals surface area contributed by atoms with Gasteiger partial charge in [0.2, 0.25) is 10.0 Å². The van der Waals surface area contributed by atoms with Gasteiger partial charge in [0, 0.05) is 19.2 Å². The van der Waals surface area contributed by atoms with Crippen LogP contribution in [0.2, 0.25) is 10.0 Å². The van der Waals surface area contributed by atoms with Crippen molar-refractivity contribution in [3.05, 3.63) is 58.1 Å². The molecule has 0 bridgehead atoms. The van der Waals surface area contributed by atoms with Crippen LogP contribution in [0, 0.1) is 0 Å². The molecule has 0 spiro atoms. The highest BCUT2D eigenvalue weighted by Gasteiger charge is 2.27. The first kappa shape index (κ1) is 18.2. The van der Waals surface area contributed by atoms with Crippen molar-refractivity contribution in [3.8, 4) is 5.75 Å². The molecule has 5 nitrogen and oxygen atoms in total. The quantitative estimate of drug-likeness (QED) is 0.575. The first-order valence-corrected chi connectivity index (χ1v) is 9.85. The van der Waals surface area contributed by atoms with Crippen LogP contribution in [0.15, 0.2) is 47.4 Å². The third kappa shape index (κ3) is 3.98. The minimum Gasteiger partial charge on any atom is -0.423 e. The molecule has 1 aliphatic heterocycles. The maximum atomic E-state index is 12.5. The van der Waals surface area contributed by atoms with Gasteiger partial charge in [-0.15, -0.1) is 0 Å². The molecule has 1 aliphatic rings. The van der Waals surface area contributed by atoms with Gasteiger partial charge < -0.3 is 4.74 Å². The minimum absolute atomic E-state index is 0.167. The van der Waals surface area contributed by atoms with Gasteiger partial charge in [-0.25, -0.2) is 13.2 Å². The Bertz CT molecular complexity index is 891. The number of benzene rings is 2. The topological polar surface area (TPSA) is 63.7 Å². The molecule has 2 aromatic rings. The highest BCUT2D eigenvalue weighted by Crippen LogP contribution is 2.27. The minimum atomic E-state index is -3.50. The van der Waals surface area contributed by atoms with E-state index in [4.69, 9.17) is 27.9 Å². The highest BCUT2D eigenvalue weighted by molar-refractivity contribution is 7.89. The zero-order chi connectivity index (χ0) is 18.0. The molecule has 3 rings (SSSR count). The lowest BCUT2D eigenvalue weighted by molar-refractivity contribution is 0.0734. The Kier molecular flexibility index (Phi) is 5.34. The Hall–Kier alpha value is -1.60. The molecule has 1 fully saturated rings. The summed E-state index contributed by atoms with van der Waals surface area (Å²) in [6.07, 6.45) is 1.74. The third-order valence-corrected chi connectivity index (χ3v) is 6.55. The standard InChI is InChI=1S/C17H15Cl2NO4S/c18-15-8-5-13(11-16(15)19)24-17(21)12-3-6-14(7-4-12)25(22,23)20-9-1-2-10-20/h3-8,11H,1-2,9-10H2. The fourth-order valence-corrected chi connectivity index (χ4v) is 4.35. The fourth-order valence-electron chi connectivity index (χ4n) is 2.55. The second kappa shape index (κ2) is 7.33. The van der Waals surface area contributed by atoms with Crippen LogP contribution in [-0.2, 0) is 10.0 Å². The molecule has 0 saturated carbocycles. The Morgan fingerprint density at radius 3 is 2.20 bits per heavy atom. The third-order valence-electron chi connectivity index (χ3n) is 3.89. The van der Waals surface area contributed by atoms with Gasteiger partial charge in [0.1, 0.15) is 5.75 Å². The van der Waals surface area contributed by atoms with Crippen molar-refractivity contribution in [2.75, 3.05) is 13.1 Å². The second-order valence-electron chi connectivity index (χ2n) is 5.60. The molecule has 8 heteroatoms. The molecule has 0 radical (unpaired) electrons. The molecule has 0 unspecified atom stereocenters. The van der Waals surface area contributed by atoms with Gasteiger partial charge in [0.25, 0.3) is 0 Å². The van der Waals surface area contributed by atoms with Gasteiger partial charge in [-0.2, -0.15) is 4.31 Å². The SMILES string of the molecule is O=C(Oc1ccc(Cl)c(Cl)c1)c1ccc(S(=O)(=O)N2CCCC2)cc1. The number of rotatable bonds is 4. The van der Waals surface area contributed by atoms with Crippen LogP contribution in [-0.4, -0.2) is 31.8 Å². The van der Waals surface area contributed by atoms with Gasteiger partial charge >= 0.3 is 5.97 Å². The lowest BCUT2D eigenvalue weighted by Gasteiger charge is -2.15. The van der Waals surface area contributed by atoms with Crippen LogP contribution in [0.3, 0.4) is 0 Å². The number of esters is 1. The number of carbonyl (C=O) groups excluding carboxylic acids is 1. The molecule has 0 atom stereocenters. The molecule has 0 N–H and O–H groups in total. The average molecular weight is 400 g/mol. The number of ether oxygens (including phenoxy) is 1. The van der Waals surface area contributed by atoms with E-state index >= 15 is 0 Å². The summed E-state index contributed by atoms with van der Waals surface area (Å²) >= 11 is 11.7. The summed E-state index contributed by atoms with van der Waals surface area (Å²) < 4.78 is 31.6. The number of carbonyl (C=O) groups is 1. The van der Waals surface area contributed by atoms with Crippen molar-refractivity contribution in [1.29, 1.82) is 0 Å². The highest BCUT2D eigenvalue weighted by atomic mass is 35.5. The lowest BCUT2D eigenvalue weighted by Crippen LogP contribution is -2.27. The van der Waals surface area contributed by atoms with Crippen molar-refractivity contribution in [2.45, 2.75) is 17.7 Å². The lowest BCUT2D eigenvalue weighted by atomic mass is 10.2. The predicted octanol–water partition coefficient (Wildman–Crippen LogP) is 4.00.